The van der Waals surface area contributed by atoms with Crippen molar-refractivity contribution in [2.75, 3.05) is 5.33 Å². The average molecular weight is 189 g/mol. The molecule has 0 amide bonds. The summed E-state index contributed by atoms with van der Waals surface area (Å²) in [6, 6.07) is 0. The number of carbonyl (C=O) groups excluding carboxylic acids is 1. The van der Waals surface area contributed by atoms with E-state index in [4.69, 9.17) is 0 Å². The van der Waals surface area contributed by atoms with Crippen LogP contribution in [0.4, 0.5) is 0 Å². The summed E-state index contributed by atoms with van der Waals surface area (Å²) in [7, 11) is 0. The molecule has 2 nitrogen and oxygen atoms in total. The molecule has 0 aromatic carbocycles. The van der Waals surface area contributed by atoms with Gasteiger partial charge in [0, 0.05) is 5.33 Å². The molecule has 48 valence electrons. The zero-order valence-electron chi connectivity index (χ0n) is 4.69. The molecule has 0 N–H and O–H groups in total. The summed E-state index contributed by atoms with van der Waals surface area (Å²) < 4.78 is 4.61. The fourth-order valence-corrected chi connectivity index (χ4v) is 0.951. The molecule has 1 aliphatic heterocycles. The molecule has 0 aromatic rings. The van der Waals surface area contributed by atoms with Crippen molar-refractivity contribution in [2.24, 2.45) is 0 Å². The minimum absolute atomic E-state index is 0.295. The largest absolute Gasteiger partial charge is 0.424 e. The second kappa shape index (κ2) is 2.35. The Morgan fingerprint density at radius 1 is 1.78 bits per heavy atom. The summed E-state index contributed by atoms with van der Waals surface area (Å²) in [6.07, 6.45) is 1.62. The van der Waals surface area contributed by atoms with Gasteiger partial charge in [0.15, 0.2) is 0 Å². The highest BCUT2D eigenvalue weighted by Gasteiger charge is 2.17. The molecular weight excluding hydrogens is 184 g/mol. The number of alkyl halides is 1. The number of esters is 1. The lowest BCUT2D eigenvalue weighted by atomic mass is 10.3. The zero-order valence-corrected chi connectivity index (χ0v) is 6.27. The second-order valence-corrected chi connectivity index (χ2v) is 2.22. The maximum Gasteiger partial charge on any atom is 0.340 e. The molecule has 3 heteroatoms. The van der Waals surface area contributed by atoms with E-state index in [1.54, 1.807) is 6.08 Å². The van der Waals surface area contributed by atoms with Crippen LogP contribution >= 0.6 is 15.9 Å². The molecule has 0 saturated carbocycles. The van der Waals surface area contributed by atoms with E-state index in [1.807, 2.05) is 0 Å². The number of rotatable bonds is 1. The Balaban J connectivity index is 2.80. The van der Waals surface area contributed by atoms with Gasteiger partial charge in [-0.1, -0.05) is 22.5 Å². The summed E-state index contributed by atoms with van der Waals surface area (Å²) in [5, 5.41) is 0.533. The van der Waals surface area contributed by atoms with Gasteiger partial charge in [0.25, 0.3) is 0 Å². The van der Waals surface area contributed by atoms with E-state index in [9.17, 15) is 4.79 Å². The quantitative estimate of drug-likeness (QED) is 0.460. The molecule has 1 heterocycles. The van der Waals surface area contributed by atoms with Crippen molar-refractivity contribution in [1.82, 2.24) is 0 Å². The maximum atomic E-state index is 10.6. The third-order valence-corrected chi connectivity index (χ3v) is 1.57. The second-order valence-electron chi connectivity index (χ2n) is 1.66. The molecule has 0 aromatic heterocycles. The lowest BCUT2D eigenvalue weighted by Crippen LogP contribution is -1.98. The van der Waals surface area contributed by atoms with E-state index in [1.165, 1.54) is 0 Å². The monoisotopic (exact) mass is 188 g/mol. The summed E-state index contributed by atoms with van der Waals surface area (Å²) in [6.45, 7) is 3.46. The summed E-state index contributed by atoms with van der Waals surface area (Å²) in [5.74, 6) is 0.131. The van der Waals surface area contributed by atoms with Gasteiger partial charge >= 0.3 is 5.97 Å². The van der Waals surface area contributed by atoms with Gasteiger partial charge in [0.2, 0.25) is 0 Å². The first-order chi connectivity index (χ1) is 4.24. The predicted molar refractivity (Wildman–Crippen MR) is 37.1 cm³/mol. The van der Waals surface area contributed by atoms with Gasteiger partial charge < -0.3 is 4.74 Å². The number of hydrogen-bond acceptors (Lipinski definition) is 2. The van der Waals surface area contributed by atoms with Gasteiger partial charge in [0.1, 0.15) is 5.76 Å². The van der Waals surface area contributed by atoms with Crippen LogP contribution in [-0.2, 0) is 9.53 Å². The molecule has 9 heavy (non-hydrogen) atoms. The van der Waals surface area contributed by atoms with Crippen LogP contribution in [0, 0.1) is 0 Å². The molecule has 0 aliphatic carbocycles. The minimum Gasteiger partial charge on any atom is -0.424 e. The van der Waals surface area contributed by atoms with Gasteiger partial charge in [-0.05, 0) is 6.08 Å². The molecular formula is C6H5BrO2. The Morgan fingerprint density at radius 2 is 2.44 bits per heavy atom. The van der Waals surface area contributed by atoms with Crippen LogP contribution in [-0.4, -0.2) is 11.3 Å². The molecule has 1 rings (SSSR count). The Bertz CT molecular complexity index is 193. The van der Waals surface area contributed by atoms with E-state index >= 15 is 0 Å². The Kier molecular flexibility index (Phi) is 1.71. The molecule has 0 fully saturated rings. The first-order valence-corrected chi connectivity index (χ1v) is 3.54. The topological polar surface area (TPSA) is 26.3 Å². The number of carbonyl (C=O) groups is 1. The smallest absolute Gasteiger partial charge is 0.340 e. The van der Waals surface area contributed by atoms with Crippen molar-refractivity contribution < 1.29 is 9.53 Å². The van der Waals surface area contributed by atoms with Crippen molar-refractivity contribution in [1.29, 1.82) is 0 Å². The van der Waals surface area contributed by atoms with Crippen LogP contribution in [0.15, 0.2) is 24.0 Å². The zero-order chi connectivity index (χ0) is 6.85. The van der Waals surface area contributed by atoms with Crippen LogP contribution in [0.3, 0.4) is 0 Å². The van der Waals surface area contributed by atoms with Crippen LogP contribution in [0.25, 0.3) is 0 Å². The third kappa shape index (κ3) is 1.21. The molecule has 1 aliphatic rings. The van der Waals surface area contributed by atoms with Gasteiger partial charge in [-0.3, -0.25) is 0 Å². The summed E-state index contributed by atoms with van der Waals surface area (Å²) in [5.41, 5.74) is 0.625. The normalized spacial score (nSPS) is 17.7. The molecule has 0 radical (unpaired) electrons. The van der Waals surface area contributed by atoms with Crippen LogP contribution in [0.1, 0.15) is 0 Å². The lowest BCUT2D eigenvalue weighted by Gasteiger charge is -1.90. The number of allylic oxidation sites excluding steroid dienone is 1. The van der Waals surface area contributed by atoms with Gasteiger partial charge in [-0.25, -0.2) is 4.79 Å². The highest BCUT2D eigenvalue weighted by Crippen LogP contribution is 2.16. The molecule has 0 unspecified atom stereocenters. The first kappa shape index (κ1) is 6.55. The fourth-order valence-electron chi connectivity index (χ4n) is 0.560. The Hall–Kier alpha value is -0.570. The van der Waals surface area contributed by atoms with Gasteiger partial charge in [0.05, 0.1) is 5.57 Å². The van der Waals surface area contributed by atoms with E-state index in [0.29, 0.717) is 16.7 Å². The van der Waals surface area contributed by atoms with Crippen LogP contribution < -0.4 is 0 Å². The van der Waals surface area contributed by atoms with E-state index in [0.717, 1.165) is 0 Å². The molecule has 0 bridgehead atoms. The standard InChI is InChI=1S/C6H5BrO2/c1-4-2-5(3-7)6(8)9-4/h2H,1,3H2. The maximum absolute atomic E-state index is 10.6. The Labute approximate surface area is 61.3 Å². The number of halogens is 1. The highest BCUT2D eigenvalue weighted by atomic mass is 79.9. The van der Waals surface area contributed by atoms with E-state index < -0.39 is 0 Å². The first-order valence-electron chi connectivity index (χ1n) is 2.41. The van der Waals surface area contributed by atoms with Crippen molar-refractivity contribution in [3.8, 4) is 0 Å². The van der Waals surface area contributed by atoms with Gasteiger partial charge in [-0.2, -0.15) is 0 Å². The predicted octanol–water partition coefficient (Wildman–Crippen LogP) is 1.38. The SMILES string of the molecule is C=C1C=C(CBr)C(=O)O1. The number of cyclic esters (lactones) is 1. The van der Waals surface area contributed by atoms with Crippen LogP contribution in [0.5, 0.6) is 0 Å². The van der Waals surface area contributed by atoms with Crippen molar-refractivity contribution >= 4 is 21.9 Å². The number of ether oxygens (including phenoxy) is 1. The molecule has 0 spiro atoms. The van der Waals surface area contributed by atoms with E-state index in [-0.39, 0.29) is 5.97 Å². The van der Waals surface area contributed by atoms with Crippen molar-refractivity contribution in [3.05, 3.63) is 24.0 Å². The number of hydrogen-bond donors (Lipinski definition) is 0. The van der Waals surface area contributed by atoms with Crippen molar-refractivity contribution in [3.63, 3.8) is 0 Å². The van der Waals surface area contributed by atoms with Gasteiger partial charge in [-0.15, -0.1) is 0 Å². The lowest BCUT2D eigenvalue weighted by molar-refractivity contribution is -0.133. The molecule has 0 atom stereocenters. The third-order valence-electron chi connectivity index (χ3n) is 0.965. The average Bonchev–Trinajstić information content (AvgIpc) is 2.10. The Morgan fingerprint density at radius 3 is 2.67 bits per heavy atom. The molecule has 0 saturated heterocycles. The summed E-state index contributed by atoms with van der Waals surface area (Å²) >= 11 is 3.13. The fraction of sp³-hybridized carbons (Fsp3) is 0.167. The summed E-state index contributed by atoms with van der Waals surface area (Å²) in [4.78, 5) is 10.6. The minimum atomic E-state index is -0.295. The van der Waals surface area contributed by atoms with Crippen LogP contribution in [0.2, 0.25) is 0 Å². The van der Waals surface area contributed by atoms with E-state index in [2.05, 4.69) is 27.2 Å². The van der Waals surface area contributed by atoms with Crippen molar-refractivity contribution in [2.45, 2.75) is 0 Å². The highest BCUT2D eigenvalue weighted by molar-refractivity contribution is 9.09.